The summed E-state index contributed by atoms with van der Waals surface area (Å²) in [5.41, 5.74) is 25.1. The number of carbonyl (C=O) groups is 8. The highest BCUT2D eigenvalue weighted by molar-refractivity contribution is 8.26. The summed E-state index contributed by atoms with van der Waals surface area (Å²) in [7, 11) is 7.36. The largest absolute Gasteiger partial charge is 0.480 e. The number of rotatable bonds is 13. The molecule has 0 aliphatic carbocycles. The van der Waals surface area contributed by atoms with Crippen molar-refractivity contribution in [3.05, 3.63) is 79.5 Å². The highest BCUT2D eigenvalue weighted by Crippen LogP contribution is 2.33. The first kappa shape index (κ1) is 54.0. The molecule has 0 spiro atoms. The van der Waals surface area contributed by atoms with Gasteiger partial charge in [0, 0.05) is 117 Å². The van der Waals surface area contributed by atoms with Crippen molar-refractivity contribution in [1.29, 1.82) is 0 Å². The number of piperidine rings is 2. The van der Waals surface area contributed by atoms with E-state index in [1.807, 2.05) is 0 Å². The molecule has 25 nitrogen and oxygen atoms in total. The molecular weight excluding hydrogens is 935 g/mol. The van der Waals surface area contributed by atoms with Crippen LogP contribution in [0.2, 0.25) is 0 Å². The van der Waals surface area contributed by atoms with Gasteiger partial charge in [-0.05, 0) is 61.0 Å². The molecule has 2 aromatic rings. The lowest BCUT2D eigenvalue weighted by atomic mass is 10.0. The summed E-state index contributed by atoms with van der Waals surface area (Å²) < 4.78 is 23.7. The zero-order valence-electron chi connectivity index (χ0n) is 35.1. The van der Waals surface area contributed by atoms with Crippen LogP contribution in [0.25, 0.3) is 20.9 Å². The number of carboxylic acids is 1. The fourth-order valence-corrected chi connectivity index (χ4v) is 6.63. The van der Waals surface area contributed by atoms with Gasteiger partial charge in [0.2, 0.25) is 38.8 Å². The number of fused-ring (bicyclic) bond motifs is 2. The van der Waals surface area contributed by atoms with E-state index in [1.165, 1.54) is 22.6 Å². The predicted molar refractivity (Wildman–Crippen MR) is 235 cm³/mol. The normalized spacial score (nSPS) is 17.9. The number of nitrogens with zero attached hydrogens (tertiary/aromatic N) is 8. The van der Waals surface area contributed by atoms with Gasteiger partial charge in [-0.15, -0.1) is 0 Å². The number of carbonyl (C=O) groups excluding carboxylic acids is 7. The predicted octanol–water partition coefficient (Wildman–Crippen LogP) is 2.98. The second-order valence-corrected chi connectivity index (χ2v) is 16.5. The number of anilines is 2. The van der Waals surface area contributed by atoms with Gasteiger partial charge in [0.15, 0.2) is 0 Å². The van der Waals surface area contributed by atoms with Gasteiger partial charge < -0.3 is 40.2 Å². The van der Waals surface area contributed by atoms with E-state index in [-0.39, 0.29) is 89.0 Å². The van der Waals surface area contributed by atoms with Crippen LogP contribution in [0.3, 0.4) is 0 Å². The molecule has 28 heteroatoms. The molecule has 7 amide bonds. The van der Waals surface area contributed by atoms with Gasteiger partial charge in [0.05, 0.1) is 13.2 Å². The Labute approximate surface area is 387 Å². The zero-order valence-corrected chi connectivity index (χ0v) is 37.4. The third kappa shape index (κ3) is 17.5. The first-order valence-electron chi connectivity index (χ1n) is 19.9. The molecule has 3 saturated heterocycles. The lowest BCUT2D eigenvalue weighted by Crippen LogP contribution is -2.52. The van der Waals surface area contributed by atoms with E-state index in [4.69, 9.17) is 35.6 Å². The van der Waals surface area contributed by atoms with Crippen LogP contribution >= 0.6 is 21.4 Å². The second kappa shape index (κ2) is 28.5. The first-order chi connectivity index (χ1) is 31.6. The maximum atomic E-state index is 12.7. The Morgan fingerprint density at radius 3 is 1.73 bits per heavy atom. The Morgan fingerprint density at radius 1 is 0.818 bits per heavy atom. The zero-order chi connectivity index (χ0) is 48.6. The molecular formula is C38H46Cl2N12O13S. The van der Waals surface area contributed by atoms with E-state index >= 15 is 0 Å². The lowest BCUT2D eigenvalue weighted by Gasteiger charge is -2.29. The van der Waals surface area contributed by atoms with E-state index < -0.39 is 45.0 Å². The number of imide groups is 2. The molecule has 356 valence electrons. The van der Waals surface area contributed by atoms with Crippen molar-refractivity contribution < 1.29 is 61.9 Å². The molecule has 5 aliphatic rings. The van der Waals surface area contributed by atoms with Crippen LogP contribution in [-0.2, 0) is 65.3 Å². The van der Waals surface area contributed by atoms with Crippen molar-refractivity contribution in [1.82, 2.24) is 20.4 Å². The summed E-state index contributed by atoms with van der Waals surface area (Å²) in [5.74, 6) is -3.48. The van der Waals surface area contributed by atoms with Crippen LogP contribution in [0.1, 0.15) is 70.4 Å². The maximum Gasteiger partial charge on any atom is 0.329 e. The molecule has 2 atom stereocenters. The Morgan fingerprint density at radius 2 is 1.29 bits per heavy atom. The number of halogens is 2. The van der Waals surface area contributed by atoms with Gasteiger partial charge in [0.1, 0.15) is 25.3 Å². The lowest BCUT2D eigenvalue weighted by molar-refractivity contribution is -0.142. The number of azide groups is 2. The molecule has 66 heavy (non-hydrogen) atoms. The van der Waals surface area contributed by atoms with Crippen LogP contribution in [-0.4, -0.2) is 131 Å². The molecule has 5 heterocycles. The van der Waals surface area contributed by atoms with Crippen molar-refractivity contribution in [2.24, 2.45) is 10.2 Å². The van der Waals surface area contributed by atoms with Crippen molar-refractivity contribution in [2.75, 3.05) is 63.8 Å². The van der Waals surface area contributed by atoms with Crippen molar-refractivity contribution in [3.63, 3.8) is 0 Å². The SMILES string of the molecule is C1CCOC1.Nc1cccc2c1CN(C1CCC(=O)NC1=O)C2=O.O=S(Cl)Cl.[N-]=[N+]=NCCOCC(=O)Nc1cccc2c1CN(C1CCC(=O)NC1=O)C2=O.[N-]=[N+]=NCCOCC(=O)O. The molecule has 2 unspecified atom stereocenters. The average Bonchev–Trinajstić information content (AvgIpc) is 4.03. The summed E-state index contributed by atoms with van der Waals surface area (Å²) >= 11 is 0. The van der Waals surface area contributed by atoms with E-state index in [0.29, 0.717) is 41.0 Å². The molecule has 5 aliphatic heterocycles. The highest BCUT2D eigenvalue weighted by atomic mass is 36.0. The number of carboxylic acid groups (broad SMARTS) is 1. The van der Waals surface area contributed by atoms with E-state index in [1.54, 1.807) is 36.4 Å². The summed E-state index contributed by atoms with van der Waals surface area (Å²) in [6.45, 7) is 2.48. The molecule has 3 fully saturated rings. The van der Waals surface area contributed by atoms with E-state index in [9.17, 15) is 38.4 Å². The Balaban J connectivity index is 0.000000260. The number of hydrogen-bond acceptors (Lipinski definition) is 15. The van der Waals surface area contributed by atoms with Gasteiger partial charge in [0.25, 0.3) is 11.8 Å². The van der Waals surface area contributed by atoms with Crippen LogP contribution in [0, 0.1) is 0 Å². The van der Waals surface area contributed by atoms with Gasteiger partial charge in [-0.2, -0.15) is 0 Å². The first-order valence-corrected chi connectivity index (χ1v) is 22.7. The number of ether oxygens (including phenoxy) is 3. The summed E-state index contributed by atoms with van der Waals surface area (Å²) in [4.78, 5) is 101. The van der Waals surface area contributed by atoms with Gasteiger partial charge in [-0.25, -0.2) is 9.00 Å². The molecule has 2 aromatic carbocycles. The van der Waals surface area contributed by atoms with Crippen LogP contribution in [0.5, 0.6) is 0 Å². The molecule has 0 aromatic heterocycles. The number of hydrogen-bond donors (Lipinski definition) is 5. The molecule has 6 N–H and O–H groups in total. The van der Waals surface area contributed by atoms with Crippen LogP contribution in [0.4, 0.5) is 11.4 Å². The number of amides is 7. The standard InChI is InChI=1S/C17H18N6O5.C13H13N3O3.C4H7N3O3.C4H8O.Cl2OS/c18-22-19-6-7-28-9-15(25)20-12-3-1-2-10-11(12)8-23(17(10)27)13-4-5-14(24)21-16(13)26;14-9-3-1-2-7-8(9)6-16(13(7)19)10-4-5-11(17)15-12(10)18;5-7-6-1-2-10-3-4(8)9;1-2-4-5-3-1;1-4(2)3/h1-3,13H,4-9H2,(H,20,25)(H,21,24,26);1-3,10H,4-6,14H2,(H,15,17,18);1-3H2,(H,8,9);1-4H2;. The van der Waals surface area contributed by atoms with Gasteiger partial charge in [-0.1, -0.05) is 22.4 Å². The minimum Gasteiger partial charge on any atom is -0.480 e. The number of nitrogens with one attached hydrogen (secondary N) is 3. The minimum atomic E-state index is -1.67. The highest BCUT2D eigenvalue weighted by Gasteiger charge is 2.41. The van der Waals surface area contributed by atoms with Gasteiger partial charge in [-0.3, -0.25) is 44.2 Å². The minimum absolute atomic E-state index is 0.117. The second-order valence-electron chi connectivity index (χ2n) is 14.0. The quantitative estimate of drug-likeness (QED) is 0.0367. The summed E-state index contributed by atoms with van der Waals surface area (Å²) in [6, 6.07) is 8.80. The van der Waals surface area contributed by atoms with E-state index in [0.717, 1.165) is 18.8 Å². The van der Waals surface area contributed by atoms with Crippen molar-refractivity contribution in [2.45, 2.75) is 63.7 Å². The summed E-state index contributed by atoms with van der Waals surface area (Å²) in [6.07, 6.45) is 3.62. The van der Waals surface area contributed by atoms with Crippen LogP contribution < -0.4 is 21.7 Å². The van der Waals surface area contributed by atoms with E-state index in [2.05, 4.69) is 62.1 Å². The van der Waals surface area contributed by atoms with Crippen LogP contribution in [0.15, 0.2) is 46.6 Å². The number of nitrogen functional groups attached to an aromatic ring is 1. The third-order valence-corrected chi connectivity index (χ3v) is 9.56. The Bertz CT molecular complexity index is 2220. The molecule has 0 radical (unpaired) electrons. The van der Waals surface area contributed by atoms with Crippen molar-refractivity contribution in [3.8, 4) is 0 Å². The number of nitrogens with two attached hydrogens (primary N) is 1. The van der Waals surface area contributed by atoms with Gasteiger partial charge >= 0.3 is 5.97 Å². The molecule has 0 saturated carbocycles. The Kier molecular flexibility index (Phi) is 23.3. The average molecular weight is 982 g/mol. The Hall–Kier alpha value is -6.37. The topological polar surface area (TPSA) is 368 Å². The fraction of sp³-hybridized carbons (Fsp3) is 0.474. The number of aliphatic carboxylic acids is 1. The summed E-state index contributed by atoms with van der Waals surface area (Å²) in [5, 5.41) is 21.7. The monoisotopic (exact) mass is 980 g/mol. The van der Waals surface area contributed by atoms with Crippen molar-refractivity contribution >= 4 is 89.3 Å². The molecule has 7 rings (SSSR count). The smallest absolute Gasteiger partial charge is 0.329 e. The maximum absolute atomic E-state index is 12.7. The third-order valence-electron chi connectivity index (χ3n) is 9.56. The number of benzene rings is 2. The molecule has 0 bridgehead atoms. The fourth-order valence-electron chi connectivity index (χ4n) is 6.63.